The molecule has 0 unspecified atom stereocenters. The first-order valence-electron chi connectivity index (χ1n) is 6.34. The van der Waals surface area contributed by atoms with Gasteiger partial charge in [0.25, 0.3) is 0 Å². The van der Waals surface area contributed by atoms with E-state index in [9.17, 15) is 0 Å². The van der Waals surface area contributed by atoms with Crippen molar-refractivity contribution in [3.63, 3.8) is 0 Å². The lowest BCUT2D eigenvalue weighted by molar-refractivity contribution is -0.465. The Morgan fingerprint density at radius 2 is 1.53 bits per heavy atom. The second kappa shape index (κ2) is 4.15. The molecule has 0 N–H and O–H groups in total. The summed E-state index contributed by atoms with van der Waals surface area (Å²) in [6, 6.07) is 14.3. The first-order valence-corrected chi connectivity index (χ1v) is 7.22. The van der Waals surface area contributed by atoms with E-state index in [1.54, 1.807) is 11.3 Å². The monoisotopic (exact) mass is 274 g/mol. The van der Waals surface area contributed by atoms with Crippen molar-refractivity contribution >= 4 is 11.3 Å². The third-order valence-electron chi connectivity index (χ3n) is 3.82. The zero-order chi connectivity index (χ0) is 12.8. The smallest absolute Gasteiger partial charge is 0.321 e. The number of ether oxygens (including phenoxy) is 3. The highest BCUT2D eigenvalue weighted by Gasteiger charge is 2.54. The maximum atomic E-state index is 5.93. The number of hydrogen-bond acceptors (Lipinski definition) is 4. The molecule has 0 saturated carbocycles. The molecule has 0 amide bonds. The zero-order valence-corrected chi connectivity index (χ0v) is 11.2. The zero-order valence-electron chi connectivity index (χ0n) is 10.4. The van der Waals surface area contributed by atoms with E-state index >= 15 is 0 Å². The van der Waals surface area contributed by atoms with Crippen molar-refractivity contribution in [2.75, 3.05) is 19.8 Å². The Balaban J connectivity index is 1.65. The minimum atomic E-state index is -0.968. The summed E-state index contributed by atoms with van der Waals surface area (Å²) < 4.78 is 17.8. The molecule has 1 aromatic heterocycles. The van der Waals surface area contributed by atoms with Gasteiger partial charge in [0.05, 0.1) is 30.1 Å². The third-order valence-corrected chi connectivity index (χ3v) is 4.76. The van der Waals surface area contributed by atoms with Gasteiger partial charge in [-0.25, -0.2) is 0 Å². The van der Waals surface area contributed by atoms with Gasteiger partial charge < -0.3 is 14.2 Å². The fourth-order valence-corrected chi connectivity index (χ4v) is 3.44. The van der Waals surface area contributed by atoms with Gasteiger partial charge in [-0.3, -0.25) is 0 Å². The molecule has 4 heteroatoms. The summed E-state index contributed by atoms with van der Waals surface area (Å²) in [5, 5.41) is 2.01. The van der Waals surface area contributed by atoms with Gasteiger partial charge >= 0.3 is 5.97 Å². The lowest BCUT2D eigenvalue weighted by Gasteiger charge is -2.51. The fourth-order valence-electron chi connectivity index (χ4n) is 2.66. The fraction of sp³-hybridized carbons (Fsp3) is 0.333. The van der Waals surface area contributed by atoms with E-state index < -0.39 is 5.97 Å². The Morgan fingerprint density at radius 1 is 0.842 bits per heavy atom. The van der Waals surface area contributed by atoms with Gasteiger partial charge in [-0.2, -0.15) is 0 Å². The molecule has 0 radical (unpaired) electrons. The molecular weight excluding hydrogens is 260 g/mol. The van der Waals surface area contributed by atoms with Crippen LogP contribution in [0.4, 0.5) is 0 Å². The molecule has 19 heavy (non-hydrogen) atoms. The Morgan fingerprint density at radius 3 is 2.11 bits per heavy atom. The van der Waals surface area contributed by atoms with Crippen LogP contribution in [-0.2, 0) is 25.6 Å². The van der Waals surface area contributed by atoms with Gasteiger partial charge in [-0.1, -0.05) is 36.4 Å². The predicted octanol–water partition coefficient (Wildman–Crippen LogP) is 2.87. The van der Waals surface area contributed by atoms with Gasteiger partial charge in [0.2, 0.25) is 0 Å². The molecule has 98 valence electrons. The second-order valence-electron chi connectivity index (χ2n) is 5.05. The predicted molar refractivity (Wildman–Crippen MR) is 72.0 cm³/mol. The van der Waals surface area contributed by atoms with E-state index in [1.165, 1.54) is 5.56 Å². The summed E-state index contributed by atoms with van der Waals surface area (Å²) in [4.78, 5) is 0.980. The van der Waals surface area contributed by atoms with Crippen LogP contribution in [0, 0.1) is 0 Å². The van der Waals surface area contributed by atoms with Crippen molar-refractivity contribution in [3.8, 4) is 0 Å². The van der Waals surface area contributed by atoms with Crippen LogP contribution in [0.2, 0.25) is 0 Å². The van der Waals surface area contributed by atoms with E-state index in [0.29, 0.717) is 19.8 Å². The van der Waals surface area contributed by atoms with Crippen LogP contribution in [0.15, 0.2) is 47.8 Å². The summed E-state index contributed by atoms with van der Waals surface area (Å²) in [6.07, 6.45) is 0. The lowest BCUT2D eigenvalue weighted by atomic mass is 9.81. The molecule has 3 saturated heterocycles. The van der Waals surface area contributed by atoms with Crippen molar-refractivity contribution in [2.45, 2.75) is 11.4 Å². The van der Waals surface area contributed by atoms with E-state index in [-0.39, 0.29) is 5.41 Å². The van der Waals surface area contributed by atoms with Gasteiger partial charge in [0.1, 0.15) is 0 Å². The SMILES string of the molecule is c1ccc(C23COC(c4cccs4)(OC2)OC3)cc1. The Bertz CT molecular complexity index is 540. The summed E-state index contributed by atoms with van der Waals surface area (Å²) in [7, 11) is 0. The van der Waals surface area contributed by atoms with Crippen LogP contribution >= 0.6 is 11.3 Å². The third kappa shape index (κ3) is 1.68. The molecule has 3 aliphatic heterocycles. The number of fused-ring (bicyclic) bond motifs is 3. The Hall–Kier alpha value is -1.20. The Kier molecular flexibility index (Phi) is 2.53. The van der Waals surface area contributed by atoms with Gasteiger partial charge in [-0.05, 0) is 17.0 Å². The lowest BCUT2D eigenvalue weighted by Crippen LogP contribution is -2.60. The minimum absolute atomic E-state index is 0.166. The number of thiophene rings is 1. The van der Waals surface area contributed by atoms with Crippen molar-refractivity contribution < 1.29 is 14.2 Å². The maximum Gasteiger partial charge on any atom is 0.321 e. The second-order valence-corrected chi connectivity index (χ2v) is 5.99. The van der Waals surface area contributed by atoms with Gasteiger partial charge in [-0.15, -0.1) is 11.3 Å². The average Bonchev–Trinajstić information content (AvgIpc) is 3.05. The molecule has 5 rings (SSSR count). The molecule has 3 fully saturated rings. The first kappa shape index (κ1) is 11.6. The quantitative estimate of drug-likeness (QED) is 0.843. The highest BCUT2D eigenvalue weighted by Crippen LogP contribution is 2.46. The molecule has 2 bridgehead atoms. The normalized spacial score (nSPS) is 33.5. The van der Waals surface area contributed by atoms with Crippen LogP contribution in [0.25, 0.3) is 0 Å². The molecular formula is C15H14O3S. The molecule has 3 aliphatic rings. The minimum Gasteiger partial charge on any atom is -0.322 e. The highest BCUT2D eigenvalue weighted by molar-refractivity contribution is 7.10. The molecule has 0 atom stereocenters. The van der Waals surface area contributed by atoms with Crippen LogP contribution in [0.1, 0.15) is 10.4 Å². The van der Waals surface area contributed by atoms with Crippen LogP contribution < -0.4 is 0 Å². The molecule has 1 aromatic carbocycles. The van der Waals surface area contributed by atoms with E-state index in [0.717, 1.165) is 4.88 Å². The molecule has 0 spiro atoms. The van der Waals surface area contributed by atoms with E-state index in [4.69, 9.17) is 14.2 Å². The van der Waals surface area contributed by atoms with Crippen LogP contribution in [0.3, 0.4) is 0 Å². The molecule has 2 aromatic rings. The molecule has 3 nitrogen and oxygen atoms in total. The summed E-state index contributed by atoms with van der Waals surface area (Å²) in [5.41, 5.74) is 1.05. The van der Waals surface area contributed by atoms with Crippen molar-refractivity contribution in [3.05, 3.63) is 58.3 Å². The van der Waals surface area contributed by atoms with E-state index in [2.05, 4.69) is 12.1 Å². The summed E-state index contributed by atoms with van der Waals surface area (Å²) in [5.74, 6) is -0.968. The van der Waals surface area contributed by atoms with Crippen LogP contribution in [-0.4, -0.2) is 19.8 Å². The summed E-state index contributed by atoms with van der Waals surface area (Å²) in [6.45, 7) is 1.90. The number of rotatable bonds is 2. The van der Waals surface area contributed by atoms with Crippen molar-refractivity contribution in [1.29, 1.82) is 0 Å². The topological polar surface area (TPSA) is 27.7 Å². The van der Waals surface area contributed by atoms with E-state index in [1.807, 2.05) is 35.7 Å². The standard InChI is InChI=1S/C15H14O3S/c1-2-5-12(6-3-1)14-9-16-15(17-10-14,18-11-14)13-7-4-8-19-13/h1-8H,9-11H2. The van der Waals surface area contributed by atoms with Gasteiger partial charge in [0, 0.05) is 0 Å². The molecule has 4 heterocycles. The first-order chi connectivity index (χ1) is 9.33. The maximum absolute atomic E-state index is 5.93. The highest BCUT2D eigenvalue weighted by atomic mass is 32.1. The van der Waals surface area contributed by atoms with Crippen molar-refractivity contribution in [2.24, 2.45) is 0 Å². The van der Waals surface area contributed by atoms with Crippen molar-refractivity contribution in [1.82, 2.24) is 0 Å². The van der Waals surface area contributed by atoms with Crippen LogP contribution in [0.5, 0.6) is 0 Å². The largest absolute Gasteiger partial charge is 0.322 e. The summed E-state index contributed by atoms with van der Waals surface area (Å²) >= 11 is 1.60. The van der Waals surface area contributed by atoms with Gasteiger partial charge in [0.15, 0.2) is 0 Å². The molecule has 0 aliphatic carbocycles. The number of benzene rings is 1. The Labute approximate surface area is 115 Å². The average molecular weight is 274 g/mol. The number of hydrogen-bond donors (Lipinski definition) is 0.